The number of rotatable bonds is 8. The second-order valence-corrected chi connectivity index (χ2v) is 8.00. The third-order valence-corrected chi connectivity index (χ3v) is 6.11. The lowest BCUT2D eigenvalue weighted by atomic mass is 10.3. The summed E-state index contributed by atoms with van der Waals surface area (Å²) in [4.78, 5) is 2.79. The first kappa shape index (κ1) is 19.0. The van der Waals surface area contributed by atoms with E-state index in [-0.39, 0.29) is 4.90 Å². The van der Waals surface area contributed by atoms with Gasteiger partial charge in [-0.25, -0.2) is 8.42 Å². The molecule has 0 atom stereocenters. The molecule has 0 aliphatic heterocycles. The van der Waals surface area contributed by atoms with Gasteiger partial charge in [0.15, 0.2) is 0 Å². The highest BCUT2D eigenvalue weighted by Gasteiger charge is 2.16. The summed E-state index contributed by atoms with van der Waals surface area (Å²) in [6.07, 6.45) is 0. The summed E-state index contributed by atoms with van der Waals surface area (Å²) in [7, 11) is -3.49. The van der Waals surface area contributed by atoms with E-state index >= 15 is 0 Å². The summed E-state index contributed by atoms with van der Waals surface area (Å²) in [5.41, 5.74) is 1.16. The molecular formula is C22H23NO3S. The molecular weight excluding hydrogens is 358 g/mol. The predicted molar refractivity (Wildman–Crippen MR) is 108 cm³/mol. The molecule has 0 aromatic heterocycles. The Morgan fingerprint density at radius 3 is 1.93 bits per heavy atom. The van der Waals surface area contributed by atoms with Crippen molar-refractivity contribution in [2.45, 2.75) is 16.7 Å². The average molecular weight is 381 g/mol. The van der Waals surface area contributed by atoms with Crippen molar-refractivity contribution < 1.29 is 13.2 Å². The first-order valence-electron chi connectivity index (χ1n) is 8.94. The smallest absolute Gasteiger partial charge is 0.206 e. The summed E-state index contributed by atoms with van der Waals surface area (Å²) < 4.78 is 31.0. The fraction of sp³-hybridized carbons (Fsp3) is 0.182. The Balaban J connectivity index is 1.61. The van der Waals surface area contributed by atoms with Crippen molar-refractivity contribution in [1.82, 2.24) is 0 Å². The molecule has 0 aliphatic rings. The van der Waals surface area contributed by atoms with Gasteiger partial charge in [-0.3, -0.25) is 0 Å². The van der Waals surface area contributed by atoms with E-state index in [1.54, 1.807) is 54.6 Å². The van der Waals surface area contributed by atoms with E-state index < -0.39 is 9.84 Å². The van der Waals surface area contributed by atoms with Crippen LogP contribution in [0.4, 0.5) is 5.69 Å². The van der Waals surface area contributed by atoms with Gasteiger partial charge in [0.1, 0.15) is 12.4 Å². The lowest BCUT2D eigenvalue weighted by molar-refractivity contribution is 0.324. The quantitative estimate of drug-likeness (QED) is 0.579. The minimum absolute atomic E-state index is 0.264. The number of likely N-dealkylation sites (N-methyl/N-ethyl adjacent to an activating group) is 1. The molecule has 0 radical (unpaired) electrons. The van der Waals surface area contributed by atoms with Crippen LogP contribution in [-0.2, 0) is 9.84 Å². The van der Waals surface area contributed by atoms with Crippen LogP contribution >= 0.6 is 0 Å². The molecule has 5 heteroatoms. The van der Waals surface area contributed by atoms with Crippen LogP contribution in [0.25, 0.3) is 0 Å². The van der Waals surface area contributed by atoms with Crippen LogP contribution in [0.1, 0.15) is 6.92 Å². The number of benzene rings is 3. The zero-order chi connectivity index (χ0) is 19.1. The molecule has 0 aliphatic carbocycles. The van der Waals surface area contributed by atoms with Gasteiger partial charge in [-0.05, 0) is 55.5 Å². The second-order valence-electron chi connectivity index (χ2n) is 6.05. The molecule has 0 bridgehead atoms. The fourth-order valence-electron chi connectivity index (χ4n) is 2.83. The van der Waals surface area contributed by atoms with Crippen LogP contribution in [0.3, 0.4) is 0 Å². The monoisotopic (exact) mass is 381 g/mol. The minimum atomic E-state index is -3.49. The lowest BCUT2D eigenvalue weighted by Crippen LogP contribution is -2.27. The van der Waals surface area contributed by atoms with E-state index in [4.69, 9.17) is 4.74 Å². The molecule has 140 valence electrons. The minimum Gasteiger partial charge on any atom is -0.492 e. The van der Waals surface area contributed by atoms with Crippen LogP contribution in [0.2, 0.25) is 0 Å². The number of ether oxygens (including phenoxy) is 1. The summed E-state index contributed by atoms with van der Waals surface area (Å²) >= 11 is 0. The van der Waals surface area contributed by atoms with Crippen molar-refractivity contribution in [3.63, 3.8) is 0 Å². The molecule has 0 saturated carbocycles. The van der Waals surface area contributed by atoms with E-state index in [0.717, 1.165) is 18.8 Å². The van der Waals surface area contributed by atoms with Crippen LogP contribution in [0.15, 0.2) is 94.7 Å². The van der Waals surface area contributed by atoms with Crippen LogP contribution < -0.4 is 9.64 Å². The molecule has 3 aromatic carbocycles. The third-order valence-electron chi connectivity index (χ3n) is 4.32. The van der Waals surface area contributed by atoms with Gasteiger partial charge in [0.05, 0.1) is 16.3 Å². The molecule has 27 heavy (non-hydrogen) atoms. The highest BCUT2D eigenvalue weighted by atomic mass is 32.2. The molecule has 0 fully saturated rings. The van der Waals surface area contributed by atoms with E-state index in [2.05, 4.69) is 24.0 Å². The molecule has 3 rings (SSSR count). The Morgan fingerprint density at radius 2 is 1.33 bits per heavy atom. The van der Waals surface area contributed by atoms with Crippen LogP contribution in [0.5, 0.6) is 5.75 Å². The number of hydrogen-bond acceptors (Lipinski definition) is 4. The van der Waals surface area contributed by atoms with Crippen molar-refractivity contribution in [3.05, 3.63) is 84.9 Å². The highest BCUT2D eigenvalue weighted by molar-refractivity contribution is 7.91. The number of hydrogen-bond donors (Lipinski definition) is 0. The SMILES string of the molecule is CCN(CCOc1ccc(S(=O)(=O)c2ccccc2)cc1)c1ccccc1. The number of para-hydroxylation sites is 1. The van der Waals surface area contributed by atoms with Gasteiger partial charge in [-0.15, -0.1) is 0 Å². The van der Waals surface area contributed by atoms with Gasteiger partial charge in [-0.2, -0.15) is 0 Å². The average Bonchev–Trinajstić information content (AvgIpc) is 2.73. The first-order chi connectivity index (χ1) is 13.1. The predicted octanol–water partition coefficient (Wildman–Crippen LogP) is 4.42. The molecule has 0 heterocycles. The maximum Gasteiger partial charge on any atom is 0.206 e. The van der Waals surface area contributed by atoms with Crippen LogP contribution in [-0.4, -0.2) is 28.1 Å². The highest BCUT2D eigenvalue weighted by Crippen LogP contribution is 2.23. The van der Waals surface area contributed by atoms with Gasteiger partial charge >= 0.3 is 0 Å². The zero-order valence-corrected chi connectivity index (χ0v) is 16.1. The molecule has 0 saturated heterocycles. The Kier molecular flexibility index (Phi) is 6.14. The van der Waals surface area contributed by atoms with Gasteiger partial charge in [0.2, 0.25) is 9.84 Å². The number of nitrogens with zero attached hydrogens (tertiary/aromatic N) is 1. The van der Waals surface area contributed by atoms with E-state index in [1.165, 1.54) is 0 Å². The van der Waals surface area contributed by atoms with E-state index in [0.29, 0.717) is 17.3 Å². The summed E-state index contributed by atoms with van der Waals surface area (Å²) in [6.45, 7) is 4.27. The van der Waals surface area contributed by atoms with Crippen molar-refractivity contribution in [1.29, 1.82) is 0 Å². The van der Waals surface area contributed by atoms with Crippen molar-refractivity contribution in [2.24, 2.45) is 0 Å². The Morgan fingerprint density at radius 1 is 0.778 bits per heavy atom. The number of anilines is 1. The standard InChI is InChI=1S/C22H23NO3S/c1-2-23(19-9-5-3-6-10-19)17-18-26-20-13-15-22(16-14-20)27(24,25)21-11-7-4-8-12-21/h3-16H,2,17-18H2,1H3. The molecule has 4 nitrogen and oxygen atoms in total. The van der Waals surface area contributed by atoms with Crippen molar-refractivity contribution in [3.8, 4) is 5.75 Å². The molecule has 0 unspecified atom stereocenters. The van der Waals surface area contributed by atoms with Gasteiger partial charge in [0, 0.05) is 12.2 Å². The Hall–Kier alpha value is -2.79. The molecule has 3 aromatic rings. The third kappa shape index (κ3) is 4.68. The zero-order valence-electron chi connectivity index (χ0n) is 15.3. The largest absolute Gasteiger partial charge is 0.492 e. The second kappa shape index (κ2) is 8.73. The normalized spacial score (nSPS) is 11.1. The van der Waals surface area contributed by atoms with Crippen molar-refractivity contribution >= 4 is 15.5 Å². The maximum atomic E-state index is 12.6. The fourth-order valence-corrected chi connectivity index (χ4v) is 4.12. The Labute approximate surface area is 161 Å². The van der Waals surface area contributed by atoms with Gasteiger partial charge in [0.25, 0.3) is 0 Å². The molecule has 0 N–H and O–H groups in total. The van der Waals surface area contributed by atoms with Gasteiger partial charge < -0.3 is 9.64 Å². The van der Waals surface area contributed by atoms with Gasteiger partial charge in [-0.1, -0.05) is 36.4 Å². The first-order valence-corrected chi connectivity index (χ1v) is 10.4. The maximum absolute atomic E-state index is 12.6. The van der Waals surface area contributed by atoms with Crippen LogP contribution in [0, 0.1) is 0 Å². The summed E-state index contributed by atoms with van der Waals surface area (Å²) in [5, 5.41) is 0. The topological polar surface area (TPSA) is 46.6 Å². The molecule has 0 spiro atoms. The van der Waals surface area contributed by atoms with E-state index in [9.17, 15) is 8.42 Å². The van der Waals surface area contributed by atoms with E-state index in [1.807, 2.05) is 18.2 Å². The molecule has 0 amide bonds. The Bertz CT molecular complexity index is 940. The summed E-state index contributed by atoms with van der Waals surface area (Å²) in [5.74, 6) is 0.658. The number of sulfone groups is 1. The van der Waals surface area contributed by atoms with Crippen molar-refractivity contribution in [2.75, 3.05) is 24.6 Å². The summed E-state index contributed by atoms with van der Waals surface area (Å²) in [6, 6.07) is 25.2. The lowest BCUT2D eigenvalue weighted by Gasteiger charge is -2.23.